The van der Waals surface area contributed by atoms with Crippen LogP contribution in [-0.4, -0.2) is 7.85 Å². The van der Waals surface area contributed by atoms with Gasteiger partial charge in [-0.25, -0.2) is 0 Å². The molecule has 0 N–H and O–H groups in total. The SMILES string of the molecule is Bc1ccc2c(c1)C(c1cccc(C(=C3c4ccccc4-c4ccccc43)c3ccccc3)c1)(c1cccc(C(=C3c4ccccc4-c4ccccc43)c3ccccc3)c1)c1cc(Br)ccc1-2. The molecule has 3 aliphatic rings. The van der Waals surface area contributed by atoms with E-state index < -0.39 is 5.41 Å². The Bertz CT molecular complexity index is 3370. The van der Waals surface area contributed by atoms with Gasteiger partial charge in [0.2, 0.25) is 0 Å². The van der Waals surface area contributed by atoms with Gasteiger partial charge in [0.05, 0.1) is 5.41 Å². The van der Waals surface area contributed by atoms with Gasteiger partial charge in [0.1, 0.15) is 7.85 Å². The number of hydrogen-bond donors (Lipinski definition) is 0. The fraction of sp³-hybridized carbons (Fsp3) is 0.0154. The predicted molar refractivity (Wildman–Crippen MR) is 286 cm³/mol. The van der Waals surface area contributed by atoms with Gasteiger partial charge in [-0.3, -0.25) is 0 Å². The highest BCUT2D eigenvalue weighted by atomic mass is 79.9. The van der Waals surface area contributed by atoms with Crippen LogP contribution in [0.1, 0.15) is 66.8 Å². The van der Waals surface area contributed by atoms with Crippen molar-refractivity contribution in [3.8, 4) is 33.4 Å². The zero-order chi connectivity index (χ0) is 44.6. The molecule has 2 heteroatoms. The molecule has 0 heterocycles. The molecule has 0 saturated carbocycles. The molecule has 0 saturated heterocycles. The molecule has 0 nitrogen and oxygen atoms in total. The van der Waals surface area contributed by atoms with Gasteiger partial charge in [-0.1, -0.05) is 240 Å². The van der Waals surface area contributed by atoms with Crippen molar-refractivity contribution in [1.29, 1.82) is 0 Å². The maximum atomic E-state index is 3.99. The zero-order valence-electron chi connectivity index (χ0n) is 37.0. The maximum absolute atomic E-state index is 3.99. The number of rotatable bonds is 6. The van der Waals surface area contributed by atoms with E-state index in [2.05, 4.69) is 266 Å². The smallest absolute Gasteiger partial charge is 0.0886 e. The maximum Gasteiger partial charge on any atom is 0.139 e. The van der Waals surface area contributed by atoms with E-state index in [1.165, 1.54) is 128 Å². The summed E-state index contributed by atoms with van der Waals surface area (Å²) in [5, 5.41) is 0. The van der Waals surface area contributed by atoms with Crippen molar-refractivity contribution >= 4 is 51.5 Å². The number of halogens is 1. The highest BCUT2D eigenvalue weighted by molar-refractivity contribution is 9.10. The van der Waals surface area contributed by atoms with Crippen molar-refractivity contribution in [2.24, 2.45) is 0 Å². The van der Waals surface area contributed by atoms with E-state index in [0.29, 0.717) is 0 Å². The van der Waals surface area contributed by atoms with E-state index in [0.717, 1.165) is 4.47 Å². The molecule has 67 heavy (non-hydrogen) atoms. The zero-order valence-corrected chi connectivity index (χ0v) is 38.6. The Morgan fingerprint density at radius 3 is 1.09 bits per heavy atom. The summed E-state index contributed by atoms with van der Waals surface area (Å²) in [5.41, 5.74) is 28.0. The molecule has 0 unspecified atom stereocenters. The minimum absolute atomic E-state index is 0.678. The topological polar surface area (TPSA) is 0 Å². The molecule has 0 amide bonds. The van der Waals surface area contributed by atoms with Crippen LogP contribution in [0.2, 0.25) is 0 Å². The van der Waals surface area contributed by atoms with Gasteiger partial charge in [0.15, 0.2) is 0 Å². The van der Waals surface area contributed by atoms with Crippen molar-refractivity contribution in [3.63, 3.8) is 0 Å². The Balaban J connectivity index is 1.13. The van der Waals surface area contributed by atoms with Gasteiger partial charge >= 0.3 is 0 Å². The monoisotopic (exact) mass is 912 g/mol. The third kappa shape index (κ3) is 6.06. The largest absolute Gasteiger partial charge is 0.139 e. The summed E-state index contributed by atoms with van der Waals surface area (Å²) in [6, 6.07) is 90.7. The molecule has 3 aliphatic carbocycles. The van der Waals surface area contributed by atoms with E-state index >= 15 is 0 Å². The molecule has 10 aromatic rings. The van der Waals surface area contributed by atoms with Crippen molar-refractivity contribution in [1.82, 2.24) is 0 Å². The van der Waals surface area contributed by atoms with Crippen molar-refractivity contribution in [2.45, 2.75) is 5.41 Å². The lowest BCUT2D eigenvalue weighted by Crippen LogP contribution is -2.30. The van der Waals surface area contributed by atoms with Crippen LogP contribution in [0.4, 0.5) is 0 Å². The van der Waals surface area contributed by atoms with Gasteiger partial charge < -0.3 is 0 Å². The first-order valence-electron chi connectivity index (χ1n) is 23.2. The molecule has 13 rings (SSSR count). The van der Waals surface area contributed by atoms with E-state index in [1.807, 2.05) is 0 Å². The molecule has 0 aliphatic heterocycles. The Kier molecular flexibility index (Phi) is 9.27. The standard InChI is InChI=1S/C65H42BBr/c66-47-33-35-53-54-36-34-48(67)40-60(54)65(59(53)39-47,45-23-15-21-43(37-45)61(41-17-3-1-4-18-41)63-55-29-11-7-25-49(55)50-26-8-12-30-56(50)63)46-24-16-22-44(38-46)62(42-19-5-2-6-20-42)64-57-31-13-9-27-51(57)52-28-10-14-32-58(52)64/h1-40H,66H2. The van der Waals surface area contributed by atoms with Crippen LogP contribution in [0, 0.1) is 0 Å². The van der Waals surface area contributed by atoms with Crippen molar-refractivity contribution in [2.75, 3.05) is 0 Å². The van der Waals surface area contributed by atoms with Crippen molar-refractivity contribution in [3.05, 3.63) is 314 Å². The fourth-order valence-corrected chi connectivity index (χ4v) is 12.1. The molecule has 0 radical (unpaired) electrons. The van der Waals surface area contributed by atoms with Crippen LogP contribution < -0.4 is 5.46 Å². The number of benzene rings is 10. The van der Waals surface area contributed by atoms with Gasteiger partial charge in [-0.15, -0.1) is 0 Å². The van der Waals surface area contributed by atoms with Crippen LogP contribution in [0.5, 0.6) is 0 Å². The lowest BCUT2D eigenvalue weighted by atomic mass is 9.66. The first-order valence-corrected chi connectivity index (χ1v) is 24.0. The summed E-state index contributed by atoms with van der Waals surface area (Å²) >= 11 is 3.99. The lowest BCUT2D eigenvalue weighted by Gasteiger charge is -2.35. The second kappa shape index (κ2) is 15.7. The van der Waals surface area contributed by atoms with Crippen LogP contribution in [0.25, 0.3) is 55.7 Å². The third-order valence-corrected chi connectivity index (χ3v) is 14.9. The predicted octanol–water partition coefficient (Wildman–Crippen LogP) is 15.0. The van der Waals surface area contributed by atoms with Gasteiger partial charge in [0, 0.05) is 4.47 Å². The van der Waals surface area contributed by atoms with E-state index in [4.69, 9.17) is 0 Å². The quantitative estimate of drug-likeness (QED) is 0.146. The normalized spacial score (nSPS) is 13.3. The summed E-state index contributed by atoms with van der Waals surface area (Å²) in [4.78, 5) is 0. The third-order valence-electron chi connectivity index (χ3n) is 14.4. The highest BCUT2D eigenvalue weighted by Gasteiger charge is 2.47. The summed E-state index contributed by atoms with van der Waals surface area (Å²) in [6.07, 6.45) is 0. The Morgan fingerprint density at radius 2 is 0.657 bits per heavy atom. The molecule has 0 bridgehead atoms. The van der Waals surface area contributed by atoms with Crippen LogP contribution in [0.3, 0.4) is 0 Å². The minimum atomic E-state index is -0.678. The second-order valence-corrected chi connectivity index (χ2v) is 19.0. The first-order chi connectivity index (χ1) is 33.1. The van der Waals surface area contributed by atoms with Gasteiger partial charge in [0.25, 0.3) is 0 Å². The number of hydrogen-bond acceptors (Lipinski definition) is 0. The summed E-state index contributed by atoms with van der Waals surface area (Å²) in [6.45, 7) is 0. The van der Waals surface area contributed by atoms with Gasteiger partial charge in [-0.05, 0) is 147 Å². The average Bonchev–Trinajstić information content (AvgIpc) is 3.99. The van der Waals surface area contributed by atoms with E-state index in [1.54, 1.807) is 0 Å². The molecule has 0 spiro atoms. The summed E-state index contributed by atoms with van der Waals surface area (Å²) < 4.78 is 1.06. The van der Waals surface area contributed by atoms with Crippen LogP contribution in [-0.2, 0) is 5.41 Å². The molecule has 0 fully saturated rings. The van der Waals surface area contributed by atoms with Crippen LogP contribution in [0.15, 0.2) is 247 Å². The fourth-order valence-electron chi connectivity index (χ4n) is 11.7. The molecular formula is C65H42BBr. The van der Waals surface area contributed by atoms with Crippen LogP contribution >= 0.6 is 15.9 Å². The molecule has 10 aromatic carbocycles. The summed E-state index contributed by atoms with van der Waals surface area (Å²) in [7, 11) is 2.23. The molecule has 0 aromatic heterocycles. The molecule has 0 atom stereocenters. The molecular weight excluding hydrogens is 871 g/mol. The Labute approximate surface area is 401 Å². The molecule has 312 valence electrons. The minimum Gasteiger partial charge on any atom is -0.0886 e. The average molecular weight is 914 g/mol. The van der Waals surface area contributed by atoms with Crippen molar-refractivity contribution < 1.29 is 0 Å². The van der Waals surface area contributed by atoms with Gasteiger partial charge in [-0.2, -0.15) is 0 Å². The lowest BCUT2D eigenvalue weighted by molar-refractivity contribution is 0.767. The first kappa shape index (κ1) is 39.6. The number of fused-ring (bicyclic) bond motifs is 9. The Hall–Kier alpha value is -7.78. The highest BCUT2D eigenvalue weighted by Crippen LogP contribution is 2.58. The Morgan fingerprint density at radius 1 is 0.299 bits per heavy atom. The van der Waals surface area contributed by atoms with E-state index in [9.17, 15) is 0 Å². The summed E-state index contributed by atoms with van der Waals surface area (Å²) in [5.74, 6) is 0. The van der Waals surface area contributed by atoms with E-state index in [-0.39, 0.29) is 0 Å². The second-order valence-electron chi connectivity index (χ2n) is 18.1.